The van der Waals surface area contributed by atoms with Crippen LogP contribution in [0.25, 0.3) is 0 Å². The van der Waals surface area contributed by atoms with E-state index in [9.17, 15) is 4.79 Å². The van der Waals surface area contributed by atoms with E-state index >= 15 is 0 Å². The van der Waals surface area contributed by atoms with Gasteiger partial charge in [0, 0.05) is 12.5 Å². The third kappa shape index (κ3) is 2.24. The molecule has 72 valence electrons. The fourth-order valence-electron chi connectivity index (χ4n) is 0.903. The van der Waals surface area contributed by atoms with Gasteiger partial charge < -0.3 is 0 Å². The maximum Gasteiger partial charge on any atom is 0.233 e. The minimum atomic E-state index is -0.375. The van der Waals surface area contributed by atoms with Crippen molar-refractivity contribution in [3.05, 3.63) is 5.51 Å². The first-order valence-corrected chi connectivity index (χ1v) is 4.85. The summed E-state index contributed by atoms with van der Waals surface area (Å²) in [6, 6.07) is 0. The molecule has 0 atom stereocenters. The molecule has 0 spiro atoms. The van der Waals surface area contributed by atoms with Crippen molar-refractivity contribution in [3.63, 3.8) is 0 Å². The van der Waals surface area contributed by atoms with Gasteiger partial charge in [-0.2, -0.15) is 0 Å². The fraction of sp³-hybridized carbons (Fsp3) is 0.625. The molecule has 0 saturated carbocycles. The smallest absolute Gasteiger partial charge is 0.233 e. The third-order valence-corrected chi connectivity index (χ3v) is 2.35. The van der Waals surface area contributed by atoms with Gasteiger partial charge in [0.05, 0.1) is 0 Å². The number of aromatic nitrogens is 2. The predicted molar refractivity (Wildman–Crippen MR) is 52.8 cm³/mol. The lowest BCUT2D eigenvalue weighted by molar-refractivity contribution is -0.125. The van der Waals surface area contributed by atoms with Crippen LogP contribution in [0.1, 0.15) is 20.8 Å². The van der Waals surface area contributed by atoms with Crippen molar-refractivity contribution in [2.45, 2.75) is 20.8 Å². The number of hydrogen-bond donors (Lipinski definition) is 0. The molecule has 1 heterocycles. The Hall–Kier alpha value is -0.970. The normalized spacial score (nSPS) is 11.4. The molecule has 1 rings (SSSR count). The highest BCUT2D eigenvalue weighted by molar-refractivity contribution is 7.13. The van der Waals surface area contributed by atoms with E-state index in [1.54, 1.807) is 12.6 Å². The molecular weight excluding hydrogens is 186 g/mol. The van der Waals surface area contributed by atoms with E-state index in [-0.39, 0.29) is 11.3 Å². The standard InChI is InChI=1S/C8H13N3OS/c1-8(2,3)6(12)11(4)7-10-9-5-13-7/h5H,1-4H3. The first kappa shape index (κ1) is 10.1. The average molecular weight is 199 g/mol. The van der Waals surface area contributed by atoms with Gasteiger partial charge in [-0.3, -0.25) is 9.69 Å². The van der Waals surface area contributed by atoms with Crippen LogP contribution in [0.4, 0.5) is 5.13 Å². The molecule has 0 aliphatic carbocycles. The largest absolute Gasteiger partial charge is 0.289 e. The SMILES string of the molecule is CN(C(=O)C(C)(C)C)c1nncs1. The summed E-state index contributed by atoms with van der Waals surface area (Å²) in [5, 5.41) is 8.15. The molecule has 1 aromatic rings. The molecule has 1 aromatic heterocycles. The fourth-order valence-corrected chi connectivity index (χ4v) is 1.43. The quantitative estimate of drug-likeness (QED) is 0.689. The van der Waals surface area contributed by atoms with Crippen LogP contribution < -0.4 is 4.90 Å². The van der Waals surface area contributed by atoms with Gasteiger partial charge in [-0.05, 0) is 0 Å². The van der Waals surface area contributed by atoms with Gasteiger partial charge in [0.1, 0.15) is 5.51 Å². The predicted octanol–water partition coefficient (Wildman–Crippen LogP) is 1.55. The summed E-state index contributed by atoms with van der Waals surface area (Å²) in [6.45, 7) is 5.65. The lowest BCUT2D eigenvalue weighted by Gasteiger charge is -2.23. The zero-order valence-electron chi connectivity index (χ0n) is 8.24. The number of carbonyl (C=O) groups is 1. The number of amides is 1. The Bertz CT molecular complexity index is 289. The van der Waals surface area contributed by atoms with Gasteiger partial charge in [0.2, 0.25) is 11.0 Å². The average Bonchev–Trinajstić information content (AvgIpc) is 2.51. The van der Waals surface area contributed by atoms with E-state index in [4.69, 9.17) is 0 Å². The van der Waals surface area contributed by atoms with Crippen molar-refractivity contribution >= 4 is 22.4 Å². The van der Waals surface area contributed by atoms with Gasteiger partial charge in [0.15, 0.2) is 0 Å². The van der Waals surface area contributed by atoms with Crippen LogP contribution in [0.15, 0.2) is 5.51 Å². The van der Waals surface area contributed by atoms with Crippen molar-refractivity contribution in [2.24, 2.45) is 5.41 Å². The van der Waals surface area contributed by atoms with Crippen LogP contribution in [0.2, 0.25) is 0 Å². The first-order valence-electron chi connectivity index (χ1n) is 3.97. The summed E-state index contributed by atoms with van der Waals surface area (Å²) in [6.07, 6.45) is 0. The van der Waals surface area contributed by atoms with Gasteiger partial charge in [-0.25, -0.2) is 0 Å². The molecule has 1 amide bonds. The maximum atomic E-state index is 11.7. The minimum Gasteiger partial charge on any atom is -0.289 e. The second-order valence-electron chi connectivity index (χ2n) is 3.84. The summed E-state index contributed by atoms with van der Waals surface area (Å²) in [4.78, 5) is 13.3. The van der Waals surface area contributed by atoms with Crippen LogP contribution in [-0.2, 0) is 4.79 Å². The number of hydrogen-bond acceptors (Lipinski definition) is 4. The van der Waals surface area contributed by atoms with Gasteiger partial charge >= 0.3 is 0 Å². The minimum absolute atomic E-state index is 0.0456. The van der Waals surface area contributed by atoms with Crippen LogP contribution in [0, 0.1) is 5.41 Å². The zero-order chi connectivity index (χ0) is 10.1. The van der Waals surface area contributed by atoms with E-state index in [1.165, 1.54) is 16.2 Å². The molecule has 0 unspecified atom stereocenters. The van der Waals surface area contributed by atoms with Crippen molar-refractivity contribution in [1.29, 1.82) is 0 Å². The summed E-state index contributed by atoms with van der Waals surface area (Å²) < 4.78 is 0. The molecule has 0 N–H and O–H groups in total. The Morgan fingerprint density at radius 1 is 1.54 bits per heavy atom. The molecule has 13 heavy (non-hydrogen) atoms. The number of nitrogens with zero attached hydrogens (tertiary/aromatic N) is 3. The Labute approximate surface area is 81.6 Å². The van der Waals surface area contributed by atoms with E-state index in [2.05, 4.69) is 10.2 Å². The van der Waals surface area contributed by atoms with Crippen molar-refractivity contribution < 1.29 is 4.79 Å². The molecule has 0 saturated heterocycles. The highest BCUT2D eigenvalue weighted by Crippen LogP contribution is 2.22. The van der Waals surface area contributed by atoms with E-state index in [0.29, 0.717) is 5.13 Å². The van der Waals surface area contributed by atoms with Gasteiger partial charge in [-0.1, -0.05) is 32.1 Å². The maximum absolute atomic E-state index is 11.7. The highest BCUT2D eigenvalue weighted by atomic mass is 32.1. The van der Waals surface area contributed by atoms with Crippen LogP contribution in [0.3, 0.4) is 0 Å². The van der Waals surface area contributed by atoms with E-state index < -0.39 is 0 Å². The second kappa shape index (κ2) is 3.41. The highest BCUT2D eigenvalue weighted by Gasteiger charge is 2.26. The Kier molecular flexibility index (Phi) is 2.66. The van der Waals surface area contributed by atoms with Crippen molar-refractivity contribution in [2.75, 3.05) is 11.9 Å². The van der Waals surface area contributed by atoms with Crippen LogP contribution >= 0.6 is 11.3 Å². The van der Waals surface area contributed by atoms with Crippen molar-refractivity contribution in [1.82, 2.24) is 10.2 Å². The monoisotopic (exact) mass is 199 g/mol. The molecule has 0 bridgehead atoms. The van der Waals surface area contributed by atoms with E-state index in [1.807, 2.05) is 20.8 Å². The van der Waals surface area contributed by atoms with Gasteiger partial charge in [-0.15, -0.1) is 10.2 Å². The Morgan fingerprint density at radius 3 is 2.54 bits per heavy atom. The first-order chi connectivity index (χ1) is 5.93. The third-order valence-electron chi connectivity index (χ3n) is 1.58. The van der Waals surface area contributed by atoms with Crippen molar-refractivity contribution in [3.8, 4) is 0 Å². The summed E-state index contributed by atoms with van der Waals surface area (Å²) >= 11 is 1.36. The molecule has 0 radical (unpaired) electrons. The molecule has 5 heteroatoms. The summed E-state index contributed by atoms with van der Waals surface area (Å²) in [5.41, 5.74) is 1.24. The second-order valence-corrected chi connectivity index (χ2v) is 4.65. The van der Waals surface area contributed by atoms with Crippen LogP contribution in [-0.4, -0.2) is 23.2 Å². The zero-order valence-corrected chi connectivity index (χ0v) is 9.05. The van der Waals surface area contributed by atoms with E-state index in [0.717, 1.165) is 0 Å². The Morgan fingerprint density at radius 2 is 2.15 bits per heavy atom. The summed E-state index contributed by atoms with van der Waals surface area (Å²) in [7, 11) is 1.72. The number of carbonyl (C=O) groups excluding carboxylic acids is 1. The molecule has 0 aromatic carbocycles. The molecule has 0 aliphatic rings. The number of anilines is 1. The molecule has 4 nitrogen and oxygen atoms in total. The summed E-state index contributed by atoms with van der Waals surface area (Å²) in [5.74, 6) is 0.0456. The molecule has 0 fully saturated rings. The lowest BCUT2D eigenvalue weighted by Crippen LogP contribution is -2.36. The van der Waals surface area contributed by atoms with Gasteiger partial charge in [0.25, 0.3) is 0 Å². The van der Waals surface area contributed by atoms with Crippen LogP contribution in [0.5, 0.6) is 0 Å². The number of rotatable bonds is 1. The topological polar surface area (TPSA) is 46.1 Å². The Balaban J connectivity index is 2.81. The molecular formula is C8H13N3OS. The lowest BCUT2D eigenvalue weighted by atomic mass is 9.95. The molecule has 0 aliphatic heterocycles.